The van der Waals surface area contributed by atoms with Gasteiger partial charge in [0.15, 0.2) is 0 Å². The molecule has 0 bridgehead atoms. The molecule has 0 radical (unpaired) electrons. The summed E-state index contributed by atoms with van der Waals surface area (Å²) in [5.41, 5.74) is 0.751. The number of hydrogen-bond donors (Lipinski definition) is 1. The fraction of sp³-hybridized carbons (Fsp3) is 0.429. The summed E-state index contributed by atoms with van der Waals surface area (Å²) in [6.45, 7) is 0. The van der Waals surface area contributed by atoms with Crippen LogP contribution in [0.3, 0.4) is 0 Å². The van der Waals surface area contributed by atoms with Gasteiger partial charge in [-0.3, -0.25) is 4.79 Å². The van der Waals surface area contributed by atoms with Crippen LogP contribution in [0.25, 0.3) is 0 Å². The molecule has 0 atom stereocenters. The summed E-state index contributed by atoms with van der Waals surface area (Å²) in [4.78, 5) is 12.2. The highest BCUT2D eigenvalue weighted by atomic mass is 35.5. The first-order chi connectivity index (χ1) is 8.69. The second-order valence-electron chi connectivity index (χ2n) is 4.77. The van der Waals surface area contributed by atoms with Gasteiger partial charge in [-0.05, 0) is 31.0 Å². The van der Waals surface area contributed by atoms with E-state index in [4.69, 9.17) is 16.9 Å². The lowest BCUT2D eigenvalue weighted by Gasteiger charge is -2.27. The van der Waals surface area contributed by atoms with Gasteiger partial charge in [0, 0.05) is 11.4 Å². The first kappa shape index (κ1) is 12.9. The van der Waals surface area contributed by atoms with Crippen LogP contribution in [0.4, 0.5) is 0 Å². The van der Waals surface area contributed by atoms with E-state index in [9.17, 15) is 4.79 Å². The molecule has 4 heteroatoms. The van der Waals surface area contributed by atoms with Crippen molar-refractivity contribution in [2.75, 3.05) is 5.88 Å². The van der Waals surface area contributed by atoms with Crippen LogP contribution in [-0.2, 0) is 0 Å². The van der Waals surface area contributed by atoms with Crippen molar-refractivity contribution in [3.05, 3.63) is 35.4 Å². The Hall–Kier alpha value is -1.53. The SMILES string of the molecule is N#Cc1cccc(C(=O)NC2(CCl)CCCC2)c1. The van der Waals surface area contributed by atoms with E-state index in [1.165, 1.54) is 0 Å². The molecule has 2 rings (SSSR count). The molecule has 94 valence electrons. The summed E-state index contributed by atoms with van der Waals surface area (Å²) in [6.07, 6.45) is 4.07. The monoisotopic (exact) mass is 262 g/mol. The van der Waals surface area contributed by atoms with E-state index in [0.29, 0.717) is 17.0 Å². The summed E-state index contributed by atoms with van der Waals surface area (Å²) >= 11 is 5.99. The lowest BCUT2D eigenvalue weighted by molar-refractivity contribution is 0.0909. The van der Waals surface area contributed by atoms with E-state index < -0.39 is 0 Å². The molecule has 1 aromatic rings. The van der Waals surface area contributed by atoms with Crippen LogP contribution < -0.4 is 5.32 Å². The van der Waals surface area contributed by atoms with Crippen LogP contribution in [0.1, 0.15) is 41.6 Å². The van der Waals surface area contributed by atoms with Crippen molar-refractivity contribution >= 4 is 17.5 Å². The Morgan fingerprint density at radius 3 is 2.78 bits per heavy atom. The van der Waals surface area contributed by atoms with Crippen molar-refractivity contribution in [1.82, 2.24) is 5.32 Å². The summed E-state index contributed by atoms with van der Waals surface area (Å²) in [5, 5.41) is 11.9. The Morgan fingerprint density at radius 2 is 2.17 bits per heavy atom. The van der Waals surface area contributed by atoms with E-state index >= 15 is 0 Å². The summed E-state index contributed by atoms with van der Waals surface area (Å²) in [5.74, 6) is 0.297. The van der Waals surface area contributed by atoms with Crippen molar-refractivity contribution < 1.29 is 4.79 Å². The zero-order valence-electron chi connectivity index (χ0n) is 10.1. The zero-order valence-corrected chi connectivity index (χ0v) is 10.8. The van der Waals surface area contributed by atoms with Crippen LogP contribution in [-0.4, -0.2) is 17.3 Å². The molecular weight excluding hydrogens is 248 g/mol. The Kier molecular flexibility index (Phi) is 3.88. The largest absolute Gasteiger partial charge is 0.345 e. The van der Waals surface area contributed by atoms with E-state index in [1.807, 2.05) is 6.07 Å². The molecule has 1 amide bonds. The number of amides is 1. The van der Waals surface area contributed by atoms with Crippen LogP contribution in [0.2, 0.25) is 0 Å². The quantitative estimate of drug-likeness (QED) is 0.852. The van der Waals surface area contributed by atoms with E-state index in [-0.39, 0.29) is 11.4 Å². The van der Waals surface area contributed by atoms with Crippen molar-refractivity contribution in [3.63, 3.8) is 0 Å². The maximum absolute atomic E-state index is 12.2. The second-order valence-corrected chi connectivity index (χ2v) is 5.04. The van der Waals surface area contributed by atoms with Crippen LogP contribution >= 0.6 is 11.6 Å². The average Bonchev–Trinajstić information content (AvgIpc) is 2.88. The van der Waals surface area contributed by atoms with Crippen molar-refractivity contribution in [3.8, 4) is 6.07 Å². The molecule has 0 spiro atoms. The molecule has 0 heterocycles. The first-order valence-electron chi connectivity index (χ1n) is 6.08. The minimum atomic E-state index is -0.263. The number of nitrogens with zero attached hydrogens (tertiary/aromatic N) is 1. The van der Waals surface area contributed by atoms with Gasteiger partial charge < -0.3 is 5.32 Å². The maximum atomic E-state index is 12.2. The van der Waals surface area contributed by atoms with E-state index in [2.05, 4.69) is 5.32 Å². The lowest BCUT2D eigenvalue weighted by atomic mass is 9.99. The Bertz CT molecular complexity index is 487. The standard InChI is InChI=1S/C14H15ClN2O/c15-10-14(6-1-2-7-14)17-13(18)12-5-3-4-11(8-12)9-16/h3-5,8H,1-2,6-7,10H2,(H,17,18). The van der Waals surface area contributed by atoms with Gasteiger partial charge in [-0.25, -0.2) is 0 Å². The summed E-state index contributed by atoms with van der Waals surface area (Å²) in [7, 11) is 0. The van der Waals surface area contributed by atoms with Gasteiger partial charge in [0.2, 0.25) is 0 Å². The van der Waals surface area contributed by atoms with Crippen LogP contribution in [0, 0.1) is 11.3 Å². The topological polar surface area (TPSA) is 52.9 Å². The lowest BCUT2D eigenvalue weighted by Crippen LogP contribution is -2.47. The van der Waals surface area contributed by atoms with Crippen molar-refractivity contribution in [2.45, 2.75) is 31.2 Å². The molecular formula is C14H15ClN2O. The number of rotatable bonds is 3. The smallest absolute Gasteiger partial charge is 0.251 e. The number of alkyl halides is 1. The van der Waals surface area contributed by atoms with Crippen molar-refractivity contribution in [1.29, 1.82) is 5.26 Å². The molecule has 1 aliphatic rings. The van der Waals surface area contributed by atoms with Gasteiger partial charge >= 0.3 is 0 Å². The number of carbonyl (C=O) groups excluding carboxylic acids is 1. The Labute approximate surface area is 112 Å². The first-order valence-corrected chi connectivity index (χ1v) is 6.61. The highest BCUT2D eigenvalue weighted by Gasteiger charge is 2.34. The Morgan fingerprint density at radius 1 is 1.44 bits per heavy atom. The Balaban J connectivity index is 2.14. The molecule has 0 unspecified atom stereocenters. The van der Waals surface area contributed by atoms with Gasteiger partial charge in [-0.2, -0.15) is 5.26 Å². The third kappa shape index (κ3) is 2.65. The highest BCUT2D eigenvalue weighted by molar-refractivity contribution is 6.19. The van der Waals surface area contributed by atoms with E-state index in [1.54, 1.807) is 24.3 Å². The van der Waals surface area contributed by atoms with Crippen LogP contribution in [0.15, 0.2) is 24.3 Å². The third-order valence-corrected chi connectivity index (χ3v) is 3.96. The predicted molar refractivity (Wildman–Crippen MR) is 70.5 cm³/mol. The van der Waals surface area contributed by atoms with Crippen LogP contribution in [0.5, 0.6) is 0 Å². The number of hydrogen-bond acceptors (Lipinski definition) is 2. The molecule has 1 fully saturated rings. The molecule has 0 aromatic heterocycles. The fourth-order valence-corrected chi connectivity index (χ4v) is 2.72. The molecule has 3 nitrogen and oxygen atoms in total. The third-order valence-electron chi connectivity index (χ3n) is 3.45. The zero-order chi connectivity index (χ0) is 13.0. The number of carbonyl (C=O) groups is 1. The minimum absolute atomic E-state index is 0.144. The minimum Gasteiger partial charge on any atom is -0.345 e. The summed E-state index contributed by atoms with van der Waals surface area (Å²) in [6, 6.07) is 8.75. The van der Waals surface area contributed by atoms with Gasteiger partial charge in [0.1, 0.15) is 0 Å². The molecule has 0 saturated heterocycles. The molecule has 1 aromatic carbocycles. The number of nitrogens with one attached hydrogen (secondary N) is 1. The maximum Gasteiger partial charge on any atom is 0.251 e. The predicted octanol–water partition coefficient (Wildman–Crippen LogP) is 2.84. The molecule has 1 saturated carbocycles. The molecule has 1 aliphatic carbocycles. The normalized spacial score (nSPS) is 17.1. The van der Waals surface area contributed by atoms with Crippen molar-refractivity contribution in [2.24, 2.45) is 0 Å². The van der Waals surface area contributed by atoms with Gasteiger partial charge in [-0.15, -0.1) is 11.6 Å². The number of benzene rings is 1. The van der Waals surface area contributed by atoms with Gasteiger partial charge in [-0.1, -0.05) is 18.9 Å². The molecule has 0 aliphatic heterocycles. The fourth-order valence-electron chi connectivity index (χ4n) is 2.39. The average molecular weight is 263 g/mol. The number of halogens is 1. The molecule has 18 heavy (non-hydrogen) atoms. The summed E-state index contributed by atoms with van der Waals surface area (Å²) < 4.78 is 0. The number of nitriles is 1. The highest BCUT2D eigenvalue weighted by Crippen LogP contribution is 2.31. The van der Waals surface area contributed by atoms with Gasteiger partial charge in [0.05, 0.1) is 17.2 Å². The van der Waals surface area contributed by atoms with Gasteiger partial charge in [0.25, 0.3) is 5.91 Å². The molecule has 1 N–H and O–H groups in total. The van der Waals surface area contributed by atoms with E-state index in [0.717, 1.165) is 25.7 Å². The second kappa shape index (κ2) is 5.41.